The number of unbranched alkanes of at least 4 members (excludes halogenated alkanes) is 1. The van der Waals surface area contributed by atoms with Crippen molar-refractivity contribution >= 4 is 41.9 Å². The smallest absolute Gasteiger partial charge is 0.408 e. The van der Waals surface area contributed by atoms with Crippen LogP contribution in [0.1, 0.15) is 57.9 Å². The van der Waals surface area contributed by atoms with Gasteiger partial charge in [0.05, 0.1) is 19.3 Å². The number of nitrogens with one attached hydrogen (secondary N) is 5. The summed E-state index contributed by atoms with van der Waals surface area (Å²) in [6.07, 6.45) is 0.308. The largest absolute Gasteiger partial charge is 0.445 e. The van der Waals surface area contributed by atoms with E-state index in [2.05, 4.69) is 26.6 Å². The van der Waals surface area contributed by atoms with Gasteiger partial charge in [0.1, 0.15) is 37.1 Å². The third-order valence-corrected chi connectivity index (χ3v) is 6.93. The van der Waals surface area contributed by atoms with Crippen molar-refractivity contribution in [3.63, 3.8) is 0 Å². The second kappa shape index (κ2) is 22.8. The number of hydrogen-bond donors (Lipinski definition) is 9. The van der Waals surface area contributed by atoms with E-state index < -0.39 is 79.1 Å². The number of benzene rings is 1. The minimum Gasteiger partial charge on any atom is -0.445 e. The summed E-state index contributed by atoms with van der Waals surface area (Å²) in [5.41, 5.74) is 11.5. The Bertz CT molecular complexity index is 1200. The molecule has 0 fully saturated rings. The van der Waals surface area contributed by atoms with Crippen molar-refractivity contribution in [2.24, 2.45) is 17.4 Å². The standard InChI is InChI=1S/C31H49N7O10/c1-19(2)14-21(15-39)34-27(43)23(11-12-26(33)42)36-28(44)22(10-6-7-13-32)35-29(45)24(16-40)37-30(46)25(17-41)38-31(47)48-18-20-8-4-3-5-9-20/h3-5,8-9,15,19,21-25,40-41H,6-7,10-14,16-18,32H2,1-2H3,(H2,33,42)(H,34,43)(H,35,45)(H,36,44)(H,37,46)(H,38,47)/t21-,22-,23-,24-,25-/m0/s1. The van der Waals surface area contributed by atoms with E-state index in [1.807, 2.05) is 13.8 Å². The molecule has 0 bridgehead atoms. The Labute approximate surface area is 279 Å². The van der Waals surface area contributed by atoms with Crippen molar-refractivity contribution in [2.45, 2.75) is 89.2 Å². The van der Waals surface area contributed by atoms with Gasteiger partial charge in [-0.3, -0.25) is 24.0 Å². The summed E-state index contributed by atoms with van der Waals surface area (Å²) in [6, 6.07) is 2.11. The number of alkyl carbamates (subject to hydrolysis) is 1. The molecule has 0 spiro atoms. The van der Waals surface area contributed by atoms with Crippen molar-refractivity contribution < 1.29 is 48.5 Å². The zero-order valence-electron chi connectivity index (χ0n) is 27.3. The Morgan fingerprint density at radius 2 is 1.29 bits per heavy atom. The lowest BCUT2D eigenvalue weighted by molar-refractivity contribution is -0.135. The molecule has 1 aromatic rings. The Morgan fingerprint density at radius 1 is 0.771 bits per heavy atom. The summed E-state index contributed by atoms with van der Waals surface area (Å²) in [4.78, 5) is 87.5. The fourth-order valence-corrected chi connectivity index (χ4v) is 4.37. The van der Waals surface area contributed by atoms with Crippen LogP contribution in [0, 0.1) is 5.92 Å². The number of ether oxygens (including phenoxy) is 1. The molecule has 0 unspecified atom stereocenters. The first-order valence-corrected chi connectivity index (χ1v) is 15.7. The van der Waals surface area contributed by atoms with Crippen LogP contribution in [-0.2, 0) is 40.1 Å². The van der Waals surface area contributed by atoms with Crippen LogP contribution in [0.15, 0.2) is 30.3 Å². The maximum Gasteiger partial charge on any atom is 0.408 e. The molecule has 0 saturated carbocycles. The lowest BCUT2D eigenvalue weighted by Crippen LogP contribution is -2.59. The summed E-state index contributed by atoms with van der Waals surface area (Å²) in [7, 11) is 0. The lowest BCUT2D eigenvalue weighted by atomic mass is 10.0. The molecule has 268 valence electrons. The van der Waals surface area contributed by atoms with Gasteiger partial charge in [-0.25, -0.2) is 4.79 Å². The molecular formula is C31H49N7O10. The number of primary amides is 1. The van der Waals surface area contributed by atoms with E-state index in [9.17, 15) is 43.8 Å². The summed E-state index contributed by atoms with van der Waals surface area (Å²) in [5.74, 6) is -4.24. The fourth-order valence-electron chi connectivity index (χ4n) is 4.37. The molecule has 0 aliphatic rings. The number of amides is 6. The molecule has 0 saturated heterocycles. The fraction of sp³-hybridized carbons (Fsp3) is 0.581. The SMILES string of the molecule is CC(C)C[C@@H](C=O)NC(=O)[C@H](CCC(N)=O)NC(=O)[C@H](CCCCN)NC(=O)[C@H](CO)NC(=O)[C@H](CO)NC(=O)OCc1ccccc1. The number of hydrogen-bond acceptors (Lipinski definition) is 11. The summed E-state index contributed by atoms with van der Waals surface area (Å²) in [6.45, 7) is 2.10. The van der Waals surface area contributed by atoms with Gasteiger partial charge in [0, 0.05) is 6.42 Å². The molecule has 0 aliphatic carbocycles. The van der Waals surface area contributed by atoms with Crippen LogP contribution in [0.25, 0.3) is 0 Å². The molecule has 17 nitrogen and oxygen atoms in total. The highest BCUT2D eigenvalue weighted by Crippen LogP contribution is 2.08. The monoisotopic (exact) mass is 679 g/mol. The van der Waals surface area contributed by atoms with Gasteiger partial charge in [-0.15, -0.1) is 0 Å². The molecular weight excluding hydrogens is 630 g/mol. The lowest BCUT2D eigenvalue weighted by Gasteiger charge is -2.26. The molecule has 48 heavy (non-hydrogen) atoms. The van der Waals surface area contributed by atoms with E-state index in [1.54, 1.807) is 30.3 Å². The molecule has 0 aliphatic heterocycles. The van der Waals surface area contributed by atoms with Gasteiger partial charge in [-0.05, 0) is 50.1 Å². The molecule has 0 heterocycles. The summed E-state index contributed by atoms with van der Waals surface area (Å²) < 4.78 is 5.04. The molecule has 17 heteroatoms. The van der Waals surface area contributed by atoms with E-state index in [0.717, 1.165) is 0 Å². The third kappa shape index (κ3) is 16.3. The zero-order valence-corrected chi connectivity index (χ0v) is 27.3. The normalized spacial score (nSPS) is 14.0. The summed E-state index contributed by atoms with van der Waals surface area (Å²) in [5, 5.41) is 31.4. The number of carbonyl (C=O) groups excluding carboxylic acids is 7. The van der Waals surface area contributed by atoms with Gasteiger partial charge >= 0.3 is 6.09 Å². The Balaban J connectivity index is 2.98. The van der Waals surface area contributed by atoms with Crippen molar-refractivity contribution in [3.8, 4) is 0 Å². The van der Waals surface area contributed by atoms with Crippen LogP contribution >= 0.6 is 0 Å². The number of rotatable bonds is 23. The number of aldehydes is 1. The van der Waals surface area contributed by atoms with Crippen LogP contribution in [0.2, 0.25) is 0 Å². The van der Waals surface area contributed by atoms with Gasteiger partial charge in [0.2, 0.25) is 29.5 Å². The van der Waals surface area contributed by atoms with Gasteiger partial charge in [-0.2, -0.15) is 0 Å². The van der Waals surface area contributed by atoms with Crippen LogP contribution in [0.4, 0.5) is 4.79 Å². The molecule has 5 atom stereocenters. The minimum atomic E-state index is -1.61. The van der Waals surface area contributed by atoms with Crippen LogP contribution in [-0.4, -0.2) is 102 Å². The number of aliphatic hydroxyl groups is 2. The van der Waals surface area contributed by atoms with Crippen molar-refractivity contribution in [2.75, 3.05) is 19.8 Å². The van der Waals surface area contributed by atoms with Gasteiger partial charge in [0.25, 0.3) is 0 Å². The van der Waals surface area contributed by atoms with E-state index >= 15 is 0 Å². The van der Waals surface area contributed by atoms with E-state index in [0.29, 0.717) is 31.1 Å². The third-order valence-electron chi connectivity index (χ3n) is 6.93. The summed E-state index contributed by atoms with van der Waals surface area (Å²) >= 11 is 0. The number of carbonyl (C=O) groups is 7. The Kier molecular flexibility index (Phi) is 19.7. The minimum absolute atomic E-state index is 0.0451. The molecule has 0 radical (unpaired) electrons. The van der Waals surface area contributed by atoms with Crippen LogP contribution < -0.4 is 38.1 Å². The Hall–Kier alpha value is -4.61. The first-order chi connectivity index (χ1) is 22.8. The van der Waals surface area contributed by atoms with Crippen LogP contribution in [0.5, 0.6) is 0 Å². The molecule has 0 aromatic heterocycles. The highest BCUT2D eigenvalue weighted by molar-refractivity contribution is 5.95. The van der Waals surface area contributed by atoms with Gasteiger partial charge < -0.3 is 57.8 Å². The molecule has 6 amide bonds. The van der Waals surface area contributed by atoms with Crippen molar-refractivity contribution in [1.82, 2.24) is 26.6 Å². The van der Waals surface area contributed by atoms with Crippen molar-refractivity contribution in [3.05, 3.63) is 35.9 Å². The second-order valence-electron chi connectivity index (χ2n) is 11.5. The predicted molar refractivity (Wildman–Crippen MR) is 172 cm³/mol. The average Bonchev–Trinajstić information content (AvgIpc) is 3.05. The zero-order chi connectivity index (χ0) is 36.1. The van der Waals surface area contributed by atoms with Gasteiger partial charge in [0.15, 0.2) is 0 Å². The maximum atomic E-state index is 13.4. The highest BCUT2D eigenvalue weighted by Gasteiger charge is 2.31. The van der Waals surface area contributed by atoms with E-state index in [4.69, 9.17) is 16.2 Å². The first kappa shape index (κ1) is 41.4. The highest BCUT2D eigenvalue weighted by atomic mass is 16.5. The number of nitrogens with two attached hydrogens (primary N) is 2. The van der Waals surface area contributed by atoms with E-state index in [-0.39, 0.29) is 38.3 Å². The first-order valence-electron chi connectivity index (χ1n) is 15.7. The van der Waals surface area contributed by atoms with Gasteiger partial charge in [-0.1, -0.05) is 44.2 Å². The van der Waals surface area contributed by atoms with Crippen molar-refractivity contribution in [1.29, 1.82) is 0 Å². The molecule has 1 rings (SSSR count). The average molecular weight is 680 g/mol. The predicted octanol–water partition coefficient (Wildman–Crippen LogP) is -2.16. The maximum absolute atomic E-state index is 13.4. The molecule has 1 aromatic carbocycles. The Morgan fingerprint density at radius 3 is 1.81 bits per heavy atom. The quantitative estimate of drug-likeness (QED) is 0.0444. The topological polar surface area (TPSA) is 281 Å². The number of aliphatic hydroxyl groups excluding tert-OH is 2. The van der Waals surface area contributed by atoms with Crippen LogP contribution in [0.3, 0.4) is 0 Å². The molecule has 11 N–H and O–H groups in total. The second-order valence-corrected chi connectivity index (χ2v) is 11.5. The van der Waals surface area contributed by atoms with E-state index in [1.165, 1.54) is 0 Å².